The molecule has 28 heavy (non-hydrogen) atoms. The number of hydrogen-bond acceptors (Lipinski definition) is 6. The van der Waals surface area contributed by atoms with Crippen LogP contribution in [0.1, 0.15) is 16.8 Å². The summed E-state index contributed by atoms with van der Waals surface area (Å²) in [6.07, 6.45) is 1.60. The van der Waals surface area contributed by atoms with Crippen LogP contribution < -0.4 is 20.5 Å². The van der Waals surface area contributed by atoms with E-state index >= 15 is 0 Å². The monoisotopic (exact) mass is 442 g/mol. The van der Waals surface area contributed by atoms with Crippen LogP contribution in [0.25, 0.3) is 0 Å². The summed E-state index contributed by atoms with van der Waals surface area (Å²) in [5.74, 6) is 1.52. The molecule has 8 heteroatoms. The third-order valence-electron chi connectivity index (χ3n) is 3.75. The van der Waals surface area contributed by atoms with Crippen LogP contribution in [-0.4, -0.2) is 23.3 Å². The molecule has 0 aliphatic heterocycles. The standard InChI is InChI=1S/C20H19BrN4O3/c1-13-9-19(26)24-20(23-13)25-22-11-15-5-8-17(18(10-15)27-2)28-12-14-3-6-16(21)7-4-14/h3-11H,12H2,1-2H3,(H2,23,24,25,26). The summed E-state index contributed by atoms with van der Waals surface area (Å²) in [4.78, 5) is 18.1. The first kappa shape index (κ1) is 19.6. The first-order chi connectivity index (χ1) is 13.5. The second-order valence-corrected chi connectivity index (χ2v) is 6.85. The van der Waals surface area contributed by atoms with Gasteiger partial charge in [0.15, 0.2) is 11.5 Å². The third kappa shape index (κ3) is 5.43. The summed E-state index contributed by atoms with van der Waals surface area (Å²) in [6, 6.07) is 14.8. The van der Waals surface area contributed by atoms with Gasteiger partial charge < -0.3 is 9.47 Å². The highest BCUT2D eigenvalue weighted by atomic mass is 79.9. The fraction of sp³-hybridized carbons (Fsp3) is 0.150. The summed E-state index contributed by atoms with van der Waals surface area (Å²) >= 11 is 3.42. The number of aryl methyl sites for hydroxylation is 1. The highest BCUT2D eigenvalue weighted by Crippen LogP contribution is 2.28. The van der Waals surface area contributed by atoms with Crippen molar-refractivity contribution in [3.8, 4) is 11.5 Å². The highest BCUT2D eigenvalue weighted by molar-refractivity contribution is 9.10. The van der Waals surface area contributed by atoms with Gasteiger partial charge in [0.2, 0.25) is 5.95 Å². The van der Waals surface area contributed by atoms with E-state index in [0.717, 1.165) is 15.6 Å². The largest absolute Gasteiger partial charge is 0.493 e. The minimum Gasteiger partial charge on any atom is -0.493 e. The number of anilines is 1. The van der Waals surface area contributed by atoms with Gasteiger partial charge in [-0.3, -0.25) is 9.78 Å². The zero-order chi connectivity index (χ0) is 19.9. The zero-order valence-electron chi connectivity index (χ0n) is 15.4. The lowest BCUT2D eigenvalue weighted by Gasteiger charge is -2.11. The average Bonchev–Trinajstić information content (AvgIpc) is 2.67. The predicted octanol–water partition coefficient (Wildman–Crippen LogP) is 3.87. The molecule has 0 saturated carbocycles. The van der Waals surface area contributed by atoms with Crippen LogP contribution in [-0.2, 0) is 6.61 Å². The maximum atomic E-state index is 11.4. The number of ether oxygens (including phenoxy) is 2. The second-order valence-electron chi connectivity index (χ2n) is 5.93. The van der Waals surface area contributed by atoms with Crippen molar-refractivity contribution in [3.05, 3.63) is 80.2 Å². The number of hydrogen-bond donors (Lipinski definition) is 2. The number of benzene rings is 2. The summed E-state index contributed by atoms with van der Waals surface area (Å²) in [5.41, 5.74) is 4.93. The van der Waals surface area contributed by atoms with Gasteiger partial charge in [0.1, 0.15) is 6.61 Å². The quantitative estimate of drug-likeness (QED) is 0.428. The Balaban J connectivity index is 1.66. The second kappa shape index (κ2) is 9.18. The van der Waals surface area contributed by atoms with E-state index in [1.807, 2.05) is 42.5 Å². The molecule has 0 aliphatic rings. The van der Waals surface area contributed by atoms with E-state index in [4.69, 9.17) is 9.47 Å². The summed E-state index contributed by atoms with van der Waals surface area (Å²) in [5, 5.41) is 4.09. The van der Waals surface area contributed by atoms with Crippen molar-refractivity contribution in [2.75, 3.05) is 12.5 Å². The van der Waals surface area contributed by atoms with Crippen molar-refractivity contribution in [2.24, 2.45) is 5.10 Å². The van der Waals surface area contributed by atoms with E-state index in [9.17, 15) is 4.79 Å². The van der Waals surface area contributed by atoms with Crippen molar-refractivity contribution in [1.82, 2.24) is 9.97 Å². The van der Waals surface area contributed by atoms with Crippen molar-refractivity contribution in [3.63, 3.8) is 0 Å². The first-order valence-electron chi connectivity index (χ1n) is 8.46. The molecule has 1 aromatic heterocycles. The molecule has 0 saturated heterocycles. The lowest BCUT2D eigenvalue weighted by atomic mass is 10.2. The van der Waals surface area contributed by atoms with E-state index in [1.165, 1.54) is 6.07 Å². The molecule has 0 aliphatic carbocycles. The topological polar surface area (TPSA) is 88.6 Å². The molecule has 3 aromatic rings. The molecule has 0 bridgehead atoms. The van der Waals surface area contributed by atoms with Crippen molar-refractivity contribution < 1.29 is 9.47 Å². The lowest BCUT2D eigenvalue weighted by Crippen LogP contribution is -2.10. The van der Waals surface area contributed by atoms with Gasteiger partial charge in [-0.1, -0.05) is 28.1 Å². The van der Waals surface area contributed by atoms with Crippen molar-refractivity contribution in [2.45, 2.75) is 13.5 Å². The van der Waals surface area contributed by atoms with E-state index in [1.54, 1.807) is 20.2 Å². The minimum absolute atomic E-state index is 0.237. The number of nitrogens with zero attached hydrogens (tertiary/aromatic N) is 2. The molecule has 1 heterocycles. The molecular weight excluding hydrogens is 424 g/mol. The molecule has 0 spiro atoms. The average molecular weight is 443 g/mol. The van der Waals surface area contributed by atoms with Crippen molar-refractivity contribution in [1.29, 1.82) is 0 Å². The molecule has 144 valence electrons. The van der Waals surface area contributed by atoms with Gasteiger partial charge in [0, 0.05) is 16.2 Å². The fourth-order valence-electron chi connectivity index (χ4n) is 2.43. The van der Waals surface area contributed by atoms with Gasteiger partial charge in [-0.15, -0.1) is 0 Å². The van der Waals surface area contributed by atoms with Gasteiger partial charge in [0.05, 0.1) is 13.3 Å². The Morgan fingerprint density at radius 1 is 1.18 bits per heavy atom. The number of hydrazone groups is 1. The van der Waals surface area contributed by atoms with Crippen LogP contribution >= 0.6 is 15.9 Å². The third-order valence-corrected chi connectivity index (χ3v) is 4.28. The molecule has 0 fully saturated rings. The number of rotatable bonds is 7. The molecule has 2 N–H and O–H groups in total. The molecule has 3 rings (SSSR count). The van der Waals surface area contributed by atoms with E-state index < -0.39 is 0 Å². The number of halogens is 1. The Hall–Kier alpha value is -3.13. The number of aromatic nitrogens is 2. The Morgan fingerprint density at radius 3 is 2.68 bits per heavy atom. The van der Waals surface area contributed by atoms with Crippen LogP contribution in [0.2, 0.25) is 0 Å². The summed E-state index contributed by atoms with van der Waals surface area (Å²) in [6.45, 7) is 2.17. The van der Waals surface area contributed by atoms with Gasteiger partial charge >= 0.3 is 0 Å². The summed E-state index contributed by atoms with van der Waals surface area (Å²) in [7, 11) is 1.59. The lowest BCUT2D eigenvalue weighted by molar-refractivity contribution is 0.284. The Kier molecular flexibility index (Phi) is 6.44. The molecule has 0 unspecified atom stereocenters. The van der Waals surface area contributed by atoms with Crippen LogP contribution in [0.3, 0.4) is 0 Å². The van der Waals surface area contributed by atoms with E-state index in [0.29, 0.717) is 23.8 Å². The zero-order valence-corrected chi connectivity index (χ0v) is 17.0. The number of aromatic amines is 1. The number of H-pyrrole nitrogens is 1. The van der Waals surface area contributed by atoms with E-state index in [2.05, 4.69) is 36.4 Å². The van der Waals surface area contributed by atoms with Gasteiger partial charge in [-0.25, -0.2) is 10.4 Å². The smallest absolute Gasteiger partial charge is 0.252 e. The first-order valence-corrected chi connectivity index (χ1v) is 9.25. The molecule has 0 amide bonds. The SMILES string of the molecule is COc1cc(C=NNc2nc(C)cc(=O)[nH]2)ccc1OCc1ccc(Br)cc1. The Morgan fingerprint density at radius 2 is 1.96 bits per heavy atom. The van der Waals surface area contributed by atoms with Gasteiger partial charge in [-0.05, 0) is 48.4 Å². The van der Waals surface area contributed by atoms with Crippen molar-refractivity contribution >= 4 is 28.1 Å². The Labute approximate surface area is 170 Å². The van der Waals surface area contributed by atoms with Crippen LogP contribution in [0.15, 0.2) is 62.9 Å². The number of methoxy groups -OCH3 is 1. The maximum absolute atomic E-state index is 11.4. The van der Waals surface area contributed by atoms with Gasteiger partial charge in [0.25, 0.3) is 5.56 Å². The fourth-order valence-corrected chi connectivity index (χ4v) is 2.69. The number of nitrogens with one attached hydrogen (secondary N) is 2. The normalized spacial score (nSPS) is 10.8. The van der Waals surface area contributed by atoms with E-state index in [-0.39, 0.29) is 11.5 Å². The maximum Gasteiger partial charge on any atom is 0.252 e. The van der Waals surface area contributed by atoms with Crippen LogP contribution in [0.5, 0.6) is 11.5 Å². The van der Waals surface area contributed by atoms with Crippen LogP contribution in [0, 0.1) is 6.92 Å². The molecule has 0 atom stereocenters. The minimum atomic E-state index is -0.237. The molecule has 2 aromatic carbocycles. The highest BCUT2D eigenvalue weighted by Gasteiger charge is 2.06. The Bertz CT molecular complexity index is 1030. The summed E-state index contributed by atoms with van der Waals surface area (Å²) < 4.78 is 12.3. The molecule has 0 radical (unpaired) electrons. The molecule has 7 nitrogen and oxygen atoms in total. The van der Waals surface area contributed by atoms with Gasteiger partial charge in [-0.2, -0.15) is 5.10 Å². The predicted molar refractivity (Wildman–Crippen MR) is 112 cm³/mol. The van der Waals surface area contributed by atoms with Crippen LogP contribution in [0.4, 0.5) is 5.95 Å². The molecular formula is C20H19BrN4O3.